The highest BCUT2D eigenvalue weighted by Gasteiger charge is 2.20. The van der Waals surface area contributed by atoms with Crippen molar-refractivity contribution >= 4 is 24.2 Å². The molecule has 0 bridgehead atoms. The molecule has 0 radical (unpaired) electrons. The molecule has 1 saturated heterocycles. The highest BCUT2D eigenvalue weighted by molar-refractivity contribution is 5.99. The summed E-state index contributed by atoms with van der Waals surface area (Å²) in [6.07, 6.45) is 2.83. The van der Waals surface area contributed by atoms with Gasteiger partial charge in [-0.3, -0.25) is 9.59 Å². The molecule has 1 aliphatic heterocycles. The maximum atomic E-state index is 12.7. The lowest BCUT2D eigenvalue weighted by atomic mass is 10.1. The van der Waals surface area contributed by atoms with Gasteiger partial charge in [0.05, 0.1) is 0 Å². The van der Waals surface area contributed by atoms with Gasteiger partial charge in [-0.2, -0.15) is 0 Å². The van der Waals surface area contributed by atoms with E-state index in [4.69, 9.17) is 0 Å². The lowest BCUT2D eigenvalue weighted by Gasteiger charge is -2.23. The van der Waals surface area contributed by atoms with E-state index in [2.05, 4.69) is 19.2 Å². The number of hydrogen-bond acceptors (Lipinski definition) is 3. The zero-order valence-corrected chi connectivity index (χ0v) is 16.1. The number of amides is 2. The summed E-state index contributed by atoms with van der Waals surface area (Å²) in [5, 5.41) is 3.30. The van der Waals surface area contributed by atoms with Crippen molar-refractivity contribution < 1.29 is 9.59 Å². The SMILES string of the molecule is CCCN(CCC)C(=O)c1cccc(C(=O)N2CCCNCC2)c1.Cl. The second-order valence-corrected chi connectivity index (χ2v) is 6.27. The van der Waals surface area contributed by atoms with Gasteiger partial charge in [-0.05, 0) is 44.0 Å². The molecule has 140 valence electrons. The van der Waals surface area contributed by atoms with Crippen LogP contribution < -0.4 is 5.32 Å². The summed E-state index contributed by atoms with van der Waals surface area (Å²) in [7, 11) is 0. The Balaban J connectivity index is 0.00000312. The van der Waals surface area contributed by atoms with Gasteiger partial charge in [0, 0.05) is 43.9 Å². The molecule has 0 atom stereocenters. The molecule has 0 aromatic heterocycles. The fourth-order valence-electron chi connectivity index (χ4n) is 3.05. The molecule has 1 aromatic rings. The van der Waals surface area contributed by atoms with Crippen molar-refractivity contribution in [2.75, 3.05) is 39.3 Å². The van der Waals surface area contributed by atoms with Crippen molar-refractivity contribution in [2.24, 2.45) is 0 Å². The fraction of sp³-hybridized carbons (Fsp3) is 0.579. The van der Waals surface area contributed by atoms with Gasteiger partial charge in [0.2, 0.25) is 0 Å². The first-order valence-electron chi connectivity index (χ1n) is 9.06. The first-order valence-corrected chi connectivity index (χ1v) is 9.06. The number of halogens is 1. The van der Waals surface area contributed by atoms with E-state index in [1.165, 1.54) is 0 Å². The monoisotopic (exact) mass is 367 g/mol. The fourth-order valence-corrected chi connectivity index (χ4v) is 3.05. The maximum absolute atomic E-state index is 12.7. The molecule has 1 N–H and O–H groups in total. The minimum atomic E-state index is 0. The summed E-state index contributed by atoms with van der Waals surface area (Å²) >= 11 is 0. The number of carbonyl (C=O) groups excluding carboxylic acids is 2. The van der Waals surface area contributed by atoms with E-state index in [0.29, 0.717) is 11.1 Å². The van der Waals surface area contributed by atoms with Crippen LogP contribution in [0.25, 0.3) is 0 Å². The topological polar surface area (TPSA) is 52.7 Å². The van der Waals surface area contributed by atoms with E-state index < -0.39 is 0 Å². The third kappa shape index (κ3) is 6.01. The highest BCUT2D eigenvalue weighted by atomic mass is 35.5. The molecular formula is C19H30ClN3O2. The zero-order chi connectivity index (χ0) is 17.4. The summed E-state index contributed by atoms with van der Waals surface area (Å²) in [5.74, 6) is 0.0387. The van der Waals surface area contributed by atoms with Crippen LogP contribution in [0.4, 0.5) is 0 Å². The molecule has 25 heavy (non-hydrogen) atoms. The lowest BCUT2D eigenvalue weighted by Crippen LogP contribution is -2.35. The zero-order valence-electron chi connectivity index (χ0n) is 15.3. The number of carbonyl (C=O) groups is 2. The average molecular weight is 368 g/mol. The Bertz CT molecular complexity index is 522. The molecule has 2 rings (SSSR count). The third-order valence-corrected chi connectivity index (χ3v) is 4.26. The van der Waals surface area contributed by atoms with Crippen LogP contribution in [-0.4, -0.2) is 60.9 Å². The normalized spacial score (nSPS) is 14.4. The molecular weight excluding hydrogens is 338 g/mol. The van der Waals surface area contributed by atoms with Gasteiger partial charge in [0.15, 0.2) is 0 Å². The quantitative estimate of drug-likeness (QED) is 0.841. The third-order valence-electron chi connectivity index (χ3n) is 4.26. The Kier molecular flexibility index (Phi) is 9.53. The van der Waals surface area contributed by atoms with Crippen molar-refractivity contribution in [3.05, 3.63) is 35.4 Å². The van der Waals surface area contributed by atoms with Gasteiger partial charge < -0.3 is 15.1 Å². The van der Waals surface area contributed by atoms with Crippen LogP contribution in [-0.2, 0) is 0 Å². The van der Waals surface area contributed by atoms with E-state index in [1.807, 2.05) is 15.9 Å². The molecule has 5 nitrogen and oxygen atoms in total. The average Bonchev–Trinajstić information content (AvgIpc) is 2.90. The van der Waals surface area contributed by atoms with Gasteiger partial charge in [0.25, 0.3) is 11.8 Å². The van der Waals surface area contributed by atoms with Crippen molar-refractivity contribution in [2.45, 2.75) is 33.1 Å². The van der Waals surface area contributed by atoms with Crippen molar-refractivity contribution in [3.8, 4) is 0 Å². The van der Waals surface area contributed by atoms with Crippen LogP contribution in [0.5, 0.6) is 0 Å². The number of rotatable bonds is 6. The summed E-state index contributed by atoms with van der Waals surface area (Å²) in [6, 6.07) is 7.18. The van der Waals surface area contributed by atoms with E-state index in [1.54, 1.807) is 18.2 Å². The first-order chi connectivity index (χ1) is 11.7. The van der Waals surface area contributed by atoms with Gasteiger partial charge in [-0.15, -0.1) is 12.4 Å². The first kappa shape index (κ1) is 21.5. The number of benzene rings is 1. The lowest BCUT2D eigenvalue weighted by molar-refractivity contribution is 0.0755. The molecule has 0 saturated carbocycles. The molecule has 6 heteroatoms. The van der Waals surface area contributed by atoms with E-state index >= 15 is 0 Å². The molecule has 0 aliphatic carbocycles. The highest BCUT2D eigenvalue weighted by Crippen LogP contribution is 2.13. The van der Waals surface area contributed by atoms with E-state index in [9.17, 15) is 9.59 Å². The molecule has 1 aromatic carbocycles. The summed E-state index contributed by atoms with van der Waals surface area (Å²) in [6.45, 7) is 8.91. The summed E-state index contributed by atoms with van der Waals surface area (Å²) in [4.78, 5) is 29.2. The Morgan fingerprint density at radius 2 is 1.76 bits per heavy atom. The van der Waals surface area contributed by atoms with Crippen LogP contribution in [0, 0.1) is 0 Å². The molecule has 0 spiro atoms. The molecule has 1 aliphatic rings. The second kappa shape index (κ2) is 11.1. The largest absolute Gasteiger partial charge is 0.339 e. The standard InChI is InChI=1S/C19H29N3O2.ClH/c1-3-11-21(12-4-2)18(23)16-7-5-8-17(15-16)19(24)22-13-6-9-20-10-14-22;/h5,7-8,15,20H,3-4,6,9-14H2,1-2H3;1H. The Hall–Kier alpha value is -1.59. The van der Waals surface area contributed by atoms with Gasteiger partial charge in [0.1, 0.15) is 0 Å². The Labute approximate surface area is 157 Å². The summed E-state index contributed by atoms with van der Waals surface area (Å²) in [5.41, 5.74) is 1.21. The predicted molar refractivity (Wildman–Crippen MR) is 104 cm³/mol. The maximum Gasteiger partial charge on any atom is 0.253 e. The van der Waals surface area contributed by atoms with Crippen LogP contribution in [0.15, 0.2) is 24.3 Å². The smallest absolute Gasteiger partial charge is 0.253 e. The Morgan fingerprint density at radius 3 is 2.44 bits per heavy atom. The number of nitrogens with one attached hydrogen (secondary N) is 1. The second-order valence-electron chi connectivity index (χ2n) is 6.27. The minimum Gasteiger partial charge on any atom is -0.339 e. The van der Waals surface area contributed by atoms with Gasteiger partial charge in [-0.25, -0.2) is 0 Å². The van der Waals surface area contributed by atoms with Gasteiger partial charge >= 0.3 is 0 Å². The minimum absolute atomic E-state index is 0. The van der Waals surface area contributed by atoms with Gasteiger partial charge in [-0.1, -0.05) is 19.9 Å². The van der Waals surface area contributed by atoms with Crippen LogP contribution in [0.1, 0.15) is 53.8 Å². The van der Waals surface area contributed by atoms with Crippen molar-refractivity contribution in [3.63, 3.8) is 0 Å². The Morgan fingerprint density at radius 1 is 1.08 bits per heavy atom. The summed E-state index contributed by atoms with van der Waals surface area (Å²) < 4.78 is 0. The van der Waals surface area contributed by atoms with Crippen molar-refractivity contribution in [1.82, 2.24) is 15.1 Å². The molecule has 2 amide bonds. The molecule has 1 fully saturated rings. The van der Waals surface area contributed by atoms with E-state index in [0.717, 1.165) is 58.5 Å². The number of nitrogens with zero attached hydrogens (tertiary/aromatic N) is 2. The van der Waals surface area contributed by atoms with E-state index in [-0.39, 0.29) is 24.2 Å². The predicted octanol–water partition coefficient (Wildman–Crippen LogP) is 2.81. The van der Waals surface area contributed by atoms with Crippen LogP contribution in [0.3, 0.4) is 0 Å². The number of hydrogen-bond donors (Lipinski definition) is 1. The van der Waals surface area contributed by atoms with Crippen LogP contribution in [0.2, 0.25) is 0 Å². The van der Waals surface area contributed by atoms with Crippen molar-refractivity contribution in [1.29, 1.82) is 0 Å². The van der Waals surface area contributed by atoms with Crippen LogP contribution >= 0.6 is 12.4 Å². The molecule has 1 heterocycles. The molecule has 0 unspecified atom stereocenters.